The van der Waals surface area contributed by atoms with Crippen molar-refractivity contribution in [3.05, 3.63) is 74.9 Å². The van der Waals surface area contributed by atoms with Gasteiger partial charge in [0.05, 0.1) is 41.3 Å². The van der Waals surface area contributed by atoms with Crippen molar-refractivity contribution in [1.82, 2.24) is 14.1 Å². The summed E-state index contributed by atoms with van der Waals surface area (Å²) in [6, 6.07) is 12.6. The first-order valence-corrected chi connectivity index (χ1v) is 9.57. The summed E-state index contributed by atoms with van der Waals surface area (Å²) in [7, 11) is 0. The molecule has 8 heteroatoms. The Morgan fingerprint density at radius 1 is 1.14 bits per heavy atom. The summed E-state index contributed by atoms with van der Waals surface area (Å²) in [5, 5.41) is 10.5. The SMILES string of the molecule is N#CCCn1cc(C(=O)Cn2cnc3c(Cl)cc(Cl)cc3c2=O)c2ccccc21. The van der Waals surface area contributed by atoms with Gasteiger partial charge in [-0.25, -0.2) is 4.98 Å². The molecule has 0 saturated carbocycles. The summed E-state index contributed by atoms with van der Waals surface area (Å²) in [5.74, 6) is -0.228. The maximum absolute atomic E-state index is 13.0. The number of halogens is 2. The van der Waals surface area contributed by atoms with Gasteiger partial charge in [-0.3, -0.25) is 14.2 Å². The Kier molecular flexibility index (Phi) is 5.10. The van der Waals surface area contributed by atoms with E-state index in [1.165, 1.54) is 23.0 Å². The number of hydrogen-bond acceptors (Lipinski definition) is 4. The van der Waals surface area contributed by atoms with Gasteiger partial charge in [0.1, 0.15) is 0 Å². The second-order valence-corrected chi connectivity index (χ2v) is 7.39. The summed E-state index contributed by atoms with van der Waals surface area (Å²) in [6.45, 7) is 0.316. The largest absolute Gasteiger partial charge is 0.346 e. The van der Waals surface area contributed by atoms with Gasteiger partial charge in [0.2, 0.25) is 0 Å². The first-order chi connectivity index (χ1) is 14.0. The Morgan fingerprint density at radius 2 is 1.93 bits per heavy atom. The minimum absolute atomic E-state index is 0.168. The number of nitrogens with zero attached hydrogens (tertiary/aromatic N) is 4. The normalized spacial score (nSPS) is 11.1. The highest BCUT2D eigenvalue weighted by molar-refractivity contribution is 6.38. The number of nitriles is 1. The van der Waals surface area contributed by atoms with Gasteiger partial charge in [-0.1, -0.05) is 41.4 Å². The van der Waals surface area contributed by atoms with Gasteiger partial charge >= 0.3 is 0 Å². The fourth-order valence-electron chi connectivity index (χ4n) is 3.37. The van der Waals surface area contributed by atoms with E-state index in [9.17, 15) is 9.59 Å². The molecule has 2 aromatic carbocycles. The van der Waals surface area contributed by atoms with Crippen molar-refractivity contribution in [1.29, 1.82) is 5.26 Å². The Bertz CT molecular complexity index is 1370. The average molecular weight is 425 g/mol. The van der Waals surface area contributed by atoms with Crippen LogP contribution >= 0.6 is 23.2 Å². The average Bonchev–Trinajstić information content (AvgIpc) is 3.08. The standard InChI is InChI=1S/C21H14Cl2N4O2/c22-13-8-15-20(17(23)9-13)25-12-27(21(15)29)11-19(28)16-10-26(7-3-6-24)18-5-2-1-4-14(16)18/h1-2,4-5,8-10,12H,3,7,11H2. The van der Waals surface area contributed by atoms with Crippen LogP contribution in [0.25, 0.3) is 21.8 Å². The molecule has 144 valence electrons. The highest BCUT2D eigenvalue weighted by Crippen LogP contribution is 2.25. The molecule has 0 aliphatic heterocycles. The van der Waals surface area contributed by atoms with E-state index in [0.717, 1.165) is 10.9 Å². The summed E-state index contributed by atoms with van der Waals surface area (Å²) in [5.41, 5.74) is 1.32. The lowest BCUT2D eigenvalue weighted by atomic mass is 10.1. The van der Waals surface area contributed by atoms with Gasteiger partial charge in [-0.05, 0) is 18.2 Å². The molecule has 0 bridgehead atoms. The third-order valence-corrected chi connectivity index (χ3v) is 5.22. The molecule has 0 saturated heterocycles. The van der Waals surface area contributed by atoms with E-state index in [1.807, 2.05) is 28.8 Å². The van der Waals surface area contributed by atoms with Gasteiger partial charge in [0, 0.05) is 34.2 Å². The van der Waals surface area contributed by atoms with Crippen molar-refractivity contribution in [3.63, 3.8) is 0 Å². The van der Waals surface area contributed by atoms with Crippen LogP contribution < -0.4 is 5.56 Å². The molecule has 0 N–H and O–H groups in total. The summed E-state index contributed by atoms with van der Waals surface area (Å²) in [6.07, 6.45) is 3.39. The molecule has 0 aliphatic rings. The van der Waals surface area contributed by atoms with Gasteiger partial charge in [-0.2, -0.15) is 5.26 Å². The van der Waals surface area contributed by atoms with E-state index in [4.69, 9.17) is 28.5 Å². The maximum Gasteiger partial charge on any atom is 0.261 e. The molecule has 0 amide bonds. The first-order valence-electron chi connectivity index (χ1n) is 8.82. The number of aromatic nitrogens is 3. The molecule has 4 rings (SSSR count). The van der Waals surface area contributed by atoms with E-state index in [2.05, 4.69) is 11.1 Å². The molecule has 6 nitrogen and oxygen atoms in total. The molecule has 0 atom stereocenters. The number of hydrogen-bond donors (Lipinski definition) is 0. The van der Waals surface area contributed by atoms with Crippen molar-refractivity contribution in [3.8, 4) is 6.07 Å². The predicted molar refractivity (Wildman–Crippen MR) is 113 cm³/mol. The molecule has 2 aromatic heterocycles. The monoisotopic (exact) mass is 424 g/mol. The van der Waals surface area contributed by atoms with Gasteiger partial charge in [-0.15, -0.1) is 0 Å². The van der Waals surface area contributed by atoms with E-state index < -0.39 is 0 Å². The topological polar surface area (TPSA) is 80.7 Å². The van der Waals surface area contributed by atoms with Crippen LogP contribution in [0.1, 0.15) is 16.8 Å². The Balaban J connectivity index is 1.75. The molecule has 2 heterocycles. The highest BCUT2D eigenvalue weighted by Gasteiger charge is 2.17. The van der Waals surface area contributed by atoms with Gasteiger partial charge < -0.3 is 4.57 Å². The lowest BCUT2D eigenvalue weighted by Gasteiger charge is -2.07. The lowest BCUT2D eigenvalue weighted by molar-refractivity contribution is 0.0972. The van der Waals surface area contributed by atoms with Crippen LogP contribution in [0.5, 0.6) is 0 Å². The number of carbonyl (C=O) groups excluding carboxylic acids is 1. The van der Waals surface area contributed by atoms with Crippen LogP contribution in [0.4, 0.5) is 0 Å². The molecule has 0 radical (unpaired) electrons. The van der Waals surface area contributed by atoms with Crippen LogP contribution in [-0.4, -0.2) is 19.9 Å². The summed E-state index contributed by atoms with van der Waals surface area (Å²) in [4.78, 5) is 30.1. The first kappa shape index (κ1) is 19.2. The Labute approximate surface area is 175 Å². The fourth-order valence-corrected chi connectivity index (χ4v) is 3.91. The Morgan fingerprint density at radius 3 is 2.72 bits per heavy atom. The molecular formula is C21H14Cl2N4O2. The predicted octanol–water partition coefficient (Wildman–Crippen LogP) is 4.45. The maximum atomic E-state index is 13.0. The smallest absolute Gasteiger partial charge is 0.261 e. The lowest BCUT2D eigenvalue weighted by Crippen LogP contribution is -2.24. The number of para-hydroxylation sites is 1. The molecule has 0 aliphatic carbocycles. The van der Waals surface area contributed by atoms with Gasteiger partial charge in [0.25, 0.3) is 5.56 Å². The summed E-state index contributed by atoms with van der Waals surface area (Å²) < 4.78 is 3.13. The van der Waals surface area contributed by atoms with Gasteiger partial charge in [0.15, 0.2) is 5.78 Å². The molecule has 0 spiro atoms. The van der Waals surface area contributed by atoms with Crippen LogP contribution in [0.3, 0.4) is 0 Å². The van der Waals surface area contributed by atoms with Crippen LogP contribution in [-0.2, 0) is 13.1 Å². The van der Waals surface area contributed by atoms with Crippen molar-refractivity contribution in [2.75, 3.05) is 0 Å². The van der Waals surface area contributed by atoms with E-state index in [-0.39, 0.29) is 28.3 Å². The highest BCUT2D eigenvalue weighted by atomic mass is 35.5. The number of ketones is 1. The van der Waals surface area contributed by atoms with E-state index >= 15 is 0 Å². The molecular weight excluding hydrogens is 411 g/mol. The van der Waals surface area contributed by atoms with E-state index in [0.29, 0.717) is 29.1 Å². The molecule has 0 fully saturated rings. The zero-order valence-electron chi connectivity index (χ0n) is 15.1. The minimum Gasteiger partial charge on any atom is -0.346 e. The zero-order chi connectivity index (χ0) is 20.5. The third-order valence-electron chi connectivity index (χ3n) is 4.71. The minimum atomic E-state index is -0.388. The zero-order valence-corrected chi connectivity index (χ0v) is 16.6. The van der Waals surface area contributed by atoms with Crippen molar-refractivity contribution in [2.45, 2.75) is 19.5 Å². The van der Waals surface area contributed by atoms with Crippen molar-refractivity contribution < 1.29 is 4.79 Å². The quantitative estimate of drug-likeness (QED) is 0.443. The van der Waals surface area contributed by atoms with Crippen LogP contribution in [0.2, 0.25) is 10.0 Å². The number of rotatable bonds is 5. The second-order valence-electron chi connectivity index (χ2n) is 6.55. The van der Waals surface area contributed by atoms with E-state index in [1.54, 1.807) is 6.20 Å². The second kappa shape index (κ2) is 7.70. The summed E-state index contributed by atoms with van der Waals surface area (Å²) >= 11 is 12.1. The molecule has 0 unspecified atom stereocenters. The number of carbonyl (C=O) groups is 1. The third kappa shape index (κ3) is 3.51. The molecule has 29 heavy (non-hydrogen) atoms. The fraction of sp³-hybridized carbons (Fsp3) is 0.143. The van der Waals surface area contributed by atoms with Crippen molar-refractivity contribution >= 4 is 50.8 Å². The van der Waals surface area contributed by atoms with Crippen LogP contribution in [0, 0.1) is 11.3 Å². The van der Waals surface area contributed by atoms with Crippen LogP contribution in [0.15, 0.2) is 53.7 Å². The number of aryl methyl sites for hydroxylation is 1. The number of fused-ring (bicyclic) bond motifs is 2. The Hall–Kier alpha value is -3.14. The number of benzene rings is 2. The molecule has 4 aromatic rings. The van der Waals surface area contributed by atoms with Crippen molar-refractivity contribution in [2.24, 2.45) is 0 Å². The number of Topliss-reactive ketones (excluding diaryl/α,β-unsaturated/α-hetero) is 1.